The van der Waals surface area contributed by atoms with Gasteiger partial charge in [-0.2, -0.15) is 0 Å². The van der Waals surface area contributed by atoms with Crippen LogP contribution in [0.25, 0.3) is 0 Å². The molecule has 1 heterocycles. The zero-order chi connectivity index (χ0) is 20.0. The third-order valence-electron chi connectivity index (χ3n) is 4.48. The van der Waals surface area contributed by atoms with E-state index in [1.807, 2.05) is 32.0 Å². The number of halogens is 1. The number of anilines is 1. The Morgan fingerprint density at radius 3 is 2.69 bits per heavy atom. The van der Waals surface area contributed by atoms with Crippen LogP contribution in [-0.2, 0) is 9.47 Å². The Hall–Kier alpha value is -1.26. The van der Waals surface area contributed by atoms with Gasteiger partial charge in [-0.25, -0.2) is 0 Å². The lowest BCUT2D eigenvalue weighted by Gasteiger charge is -2.21. The van der Waals surface area contributed by atoms with E-state index in [4.69, 9.17) is 18.9 Å². The van der Waals surface area contributed by atoms with E-state index >= 15 is 0 Å². The van der Waals surface area contributed by atoms with E-state index in [1.54, 1.807) is 7.11 Å². The molecule has 1 aliphatic rings. The molecule has 7 nitrogen and oxygen atoms in total. The topological polar surface area (TPSA) is 73.3 Å². The highest BCUT2D eigenvalue weighted by Crippen LogP contribution is 2.30. The van der Waals surface area contributed by atoms with Gasteiger partial charge in [0.05, 0.1) is 13.7 Å². The molecule has 1 aromatic rings. The normalized spacial score (nSPS) is 14.8. The standard InChI is InChI=1S/C21H35N3O4.HI/c1-4-22-21(23-11-6-12-27-16-17-9-13-26-14-10-17)24-18-7-8-19(25-3)20(15-18)28-5-2;/h7-8,15,17H,4-6,9-14,16H2,1-3H3,(H2,22,23,24);1H. The van der Waals surface area contributed by atoms with Crippen molar-refractivity contribution in [2.45, 2.75) is 33.1 Å². The van der Waals surface area contributed by atoms with Crippen molar-refractivity contribution in [1.82, 2.24) is 5.32 Å². The van der Waals surface area contributed by atoms with E-state index in [0.29, 0.717) is 24.8 Å². The lowest BCUT2D eigenvalue weighted by molar-refractivity contribution is 0.0205. The van der Waals surface area contributed by atoms with Gasteiger partial charge in [-0.3, -0.25) is 4.99 Å². The molecule has 166 valence electrons. The molecule has 0 bridgehead atoms. The molecule has 0 radical (unpaired) electrons. The molecule has 0 aromatic heterocycles. The van der Waals surface area contributed by atoms with Gasteiger partial charge in [-0.15, -0.1) is 24.0 Å². The summed E-state index contributed by atoms with van der Waals surface area (Å²) >= 11 is 0. The average Bonchev–Trinajstić information content (AvgIpc) is 2.72. The Morgan fingerprint density at radius 2 is 2.00 bits per heavy atom. The zero-order valence-corrected chi connectivity index (χ0v) is 20.2. The summed E-state index contributed by atoms with van der Waals surface area (Å²) in [5.41, 5.74) is 0.903. The van der Waals surface area contributed by atoms with Crippen LogP contribution in [0.4, 0.5) is 5.69 Å². The highest BCUT2D eigenvalue weighted by atomic mass is 127. The number of nitrogens with one attached hydrogen (secondary N) is 2. The lowest BCUT2D eigenvalue weighted by Crippen LogP contribution is -2.30. The molecule has 2 N–H and O–H groups in total. The number of guanidine groups is 1. The van der Waals surface area contributed by atoms with E-state index in [1.165, 1.54) is 0 Å². The molecule has 0 atom stereocenters. The molecular formula is C21H36IN3O4. The number of hydrogen-bond acceptors (Lipinski definition) is 5. The lowest BCUT2D eigenvalue weighted by atomic mass is 10.0. The molecule has 0 saturated carbocycles. The van der Waals surface area contributed by atoms with Crippen LogP contribution < -0.4 is 20.1 Å². The van der Waals surface area contributed by atoms with Crippen molar-refractivity contribution in [2.24, 2.45) is 10.9 Å². The van der Waals surface area contributed by atoms with E-state index in [-0.39, 0.29) is 24.0 Å². The third-order valence-corrected chi connectivity index (χ3v) is 4.48. The number of hydrogen-bond donors (Lipinski definition) is 2. The van der Waals surface area contributed by atoms with Gasteiger partial charge in [-0.05, 0) is 51.2 Å². The Morgan fingerprint density at radius 1 is 1.21 bits per heavy atom. The summed E-state index contributed by atoms with van der Waals surface area (Å²) in [6, 6.07) is 5.76. The fourth-order valence-electron chi connectivity index (χ4n) is 2.99. The smallest absolute Gasteiger partial charge is 0.195 e. The first kappa shape index (κ1) is 25.8. The van der Waals surface area contributed by atoms with Crippen molar-refractivity contribution in [3.05, 3.63) is 18.2 Å². The van der Waals surface area contributed by atoms with E-state index in [2.05, 4.69) is 15.6 Å². The number of aliphatic imine (C=N–C) groups is 1. The van der Waals surface area contributed by atoms with Crippen molar-refractivity contribution in [2.75, 3.05) is 58.6 Å². The van der Waals surface area contributed by atoms with Gasteiger partial charge in [-0.1, -0.05) is 0 Å². The summed E-state index contributed by atoms with van der Waals surface area (Å²) in [7, 11) is 1.64. The summed E-state index contributed by atoms with van der Waals surface area (Å²) in [4.78, 5) is 4.63. The monoisotopic (exact) mass is 521 g/mol. The summed E-state index contributed by atoms with van der Waals surface area (Å²) in [5, 5.41) is 6.59. The van der Waals surface area contributed by atoms with Crippen LogP contribution in [-0.4, -0.2) is 59.2 Å². The van der Waals surface area contributed by atoms with E-state index in [0.717, 1.165) is 69.6 Å². The first-order valence-electron chi connectivity index (χ1n) is 10.3. The predicted molar refractivity (Wildman–Crippen MR) is 128 cm³/mol. The summed E-state index contributed by atoms with van der Waals surface area (Å²) in [6.45, 7) is 9.39. The number of nitrogens with zero attached hydrogens (tertiary/aromatic N) is 1. The van der Waals surface area contributed by atoms with Crippen molar-refractivity contribution in [1.29, 1.82) is 0 Å². The highest BCUT2D eigenvalue weighted by Gasteiger charge is 2.13. The molecule has 1 fully saturated rings. The van der Waals surface area contributed by atoms with Crippen molar-refractivity contribution >= 4 is 35.6 Å². The molecule has 1 aromatic carbocycles. The highest BCUT2D eigenvalue weighted by molar-refractivity contribution is 14.0. The zero-order valence-electron chi connectivity index (χ0n) is 17.9. The minimum absolute atomic E-state index is 0. The number of methoxy groups -OCH3 is 1. The fraction of sp³-hybridized carbons (Fsp3) is 0.667. The van der Waals surface area contributed by atoms with Gasteiger partial charge >= 0.3 is 0 Å². The summed E-state index contributed by atoms with van der Waals surface area (Å²) in [6.07, 6.45) is 3.11. The van der Waals surface area contributed by atoms with Gasteiger partial charge in [0.2, 0.25) is 0 Å². The second-order valence-corrected chi connectivity index (χ2v) is 6.67. The first-order valence-corrected chi connectivity index (χ1v) is 10.3. The average molecular weight is 521 g/mol. The minimum Gasteiger partial charge on any atom is -0.493 e. The summed E-state index contributed by atoms with van der Waals surface area (Å²) in [5.74, 6) is 2.83. The minimum atomic E-state index is 0. The van der Waals surface area contributed by atoms with E-state index < -0.39 is 0 Å². The first-order chi connectivity index (χ1) is 13.8. The maximum Gasteiger partial charge on any atom is 0.195 e. The van der Waals surface area contributed by atoms with Crippen LogP contribution in [0, 0.1) is 5.92 Å². The molecule has 0 spiro atoms. The Balaban J connectivity index is 0.00000420. The molecule has 29 heavy (non-hydrogen) atoms. The quantitative estimate of drug-likeness (QED) is 0.199. The number of ether oxygens (including phenoxy) is 4. The molecule has 0 aliphatic carbocycles. The van der Waals surface area contributed by atoms with Gasteiger partial charge in [0.15, 0.2) is 17.5 Å². The largest absolute Gasteiger partial charge is 0.493 e. The fourth-order valence-corrected chi connectivity index (χ4v) is 2.99. The van der Waals surface area contributed by atoms with Crippen molar-refractivity contribution < 1.29 is 18.9 Å². The van der Waals surface area contributed by atoms with Crippen molar-refractivity contribution in [3.8, 4) is 11.5 Å². The maximum atomic E-state index is 5.81. The van der Waals surface area contributed by atoms with Gasteiger partial charge in [0.1, 0.15) is 0 Å². The van der Waals surface area contributed by atoms with Crippen molar-refractivity contribution in [3.63, 3.8) is 0 Å². The second-order valence-electron chi connectivity index (χ2n) is 6.67. The second kappa shape index (κ2) is 15.6. The van der Waals surface area contributed by atoms with Gasteiger partial charge in [0.25, 0.3) is 0 Å². The molecule has 0 amide bonds. The molecule has 1 aliphatic heterocycles. The summed E-state index contributed by atoms with van der Waals surface area (Å²) < 4.78 is 22.1. The van der Waals surface area contributed by atoms with Crippen LogP contribution in [0.1, 0.15) is 33.1 Å². The van der Waals surface area contributed by atoms with Crippen LogP contribution in [0.2, 0.25) is 0 Å². The molecular weight excluding hydrogens is 485 g/mol. The van der Waals surface area contributed by atoms with Gasteiger partial charge in [0, 0.05) is 51.3 Å². The number of rotatable bonds is 11. The molecule has 2 rings (SSSR count). The predicted octanol–water partition coefficient (Wildman–Crippen LogP) is 3.92. The van der Waals surface area contributed by atoms with Crippen LogP contribution in [0.5, 0.6) is 11.5 Å². The third kappa shape index (κ3) is 9.86. The molecule has 1 saturated heterocycles. The van der Waals surface area contributed by atoms with Crippen LogP contribution >= 0.6 is 24.0 Å². The SMILES string of the molecule is CCNC(=NCCCOCC1CCOCC1)Nc1ccc(OC)c(OCC)c1.I. The molecule has 0 unspecified atom stereocenters. The Bertz CT molecular complexity index is 595. The van der Waals surface area contributed by atoms with Crippen LogP contribution in [0.15, 0.2) is 23.2 Å². The van der Waals surface area contributed by atoms with Gasteiger partial charge < -0.3 is 29.6 Å². The van der Waals surface area contributed by atoms with Crippen LogP contribution in [0.3, 0.4) is 0 Å². The Kier molecular flexibility index (Phi) is 13.8. The Labute approximate surface area is 191 Å². The molecule has 8 heteroatoms. The number of benzene rings is 1. The maximum absolute atomic E-state index is 5.81. The van der Waals surface area contributed by atoms with E-state index in [9.17, 15) is 0 Å².